The lowest BCUT2D eigenvalue weighted by Crippen LogP contribution is -2.23. The maximum atomic E-state index is 12.7. The fourth-order valence-corrected chi connectivity index (χ4v) is 3.68. The van der Waals surface area contributed by atoms with E-state index in [1.54, 1.807) is 4.68 Å². The molecule has 3 rings (SSSR count). The Bertz CT molecular complexity index is 947. The van der Waals surface area contributed by atoms with Crippen molar-refractivity contribution in [2.45, 2.75) is 44.6 Å². The number of hydrogen-bond acceptors (Lipinski definition) is 5. The molecule has 8 heteroatoms. The molecule has 0 saturated heterocycles. The van der Waals surface area contributed by atoms with Crippen molar-refractivity contribution in [3.63, 3.8) is 0 Å². The van der Waals surface area contributed by atoms with Crippen LogP contribution in [0, 0.1) is 20.8 Å². The highest BCUT2D eigenvalue weighted by molar-refractivity contribution is 8.00. The van der Waals surface area contributed by atoms with E-state index in [1.807, 2.05) is 57.5 Å². The van der Waals surface area contributed by atoms with Gasteiger partial charge >= 0.3 is 0 Å². The number of carbonyl (C=O) groups excluding carboxylic acids is 1. The molecule has 0 aliphatic rings. The lowest BCUT2D eigenvalue weighted by Gasteiger charge is -2.13. The highest BCUT2D eigenvalue weighted by atomic mass is 32.2. The number of nitrogens with zero attached hydrogens (tertiary/aromatic N) is 5. The van der Waals surface area contributed by atoms with Gasteiger partial charge in [0.2, 0.25) is 5.91 Å². The lowest BCUT2D eigenvalue weighted by atomic mass is 10.2. The summed E-state index contributed by atoms with van der Waals surface area (Å²) in [6.45, 7) is 8.30. The van der Waals surface area contributed by atoms with Gasteiger partial charge in [-0.2, -0.15) is 5.10 Å². The molecular formula is C19H24N6OS. The van der Waals surface area contributed by atoms with Crippen LogP contribution in [0.5, 0.6) is 0 Å². The number of anilines is 1. The van der Waals surface area contributed by atoms with Crippen LogP contribution < -0.4 is 5.32 Å². The van der Waals surface area contributed by atoms with Crippen LogP contribution in [0.2, 0.25) is 0 Å². The van der Waals surface area contributed by atoms with Gasteiger partial charge < -0.3 is 9.88 Å². The Labute approximate surface area is 163 Å². The standard InChI is InChI=1S/C19H24N6OS/c1-12-17(13(2)24(5)23-12)20-18(26)14(3)27-19-22-21-15(4)25(19)11-16-9-7-6-8-10-16/h6-10,14H,11H2,1-5H3,(H,20,26)/t14-/m0/s1. The van der Waals surface area contributed by atoms with Crippen LogP contribution >= 0.6 is 11.8 Å². The van der Waals surface area contributed by atoms with E-state index in [0.717, 1.165) is 28.1 Å². The third kappa shape index (κ3) is 4.21. The molecule has 0 aliphatic carbocycles. The number of nitrogens with one attached hydrogen (secondary N) is 1. The molecule has 27 heavy (non-hydrogen) atoms. The van der Waals surface area contributed by atoms with Crippen LogP contribution in [0.4, 0.5) is 5.69 Å². The summed E-state index contributed by atoms with van der Waals surface area (Å²) in [4.78, 5) is 12.7. The maximum Gasteiger partial charge on any atom is 0.237 e. The molecule has 142 valence electrons. The van der Waals surface area contributed by atoms with E-state index in [2.05, 4.69) is 32.7 Å². The van der Waals surface area contributed by atoms with Crippen molar-refractivity contribution in [3.8, 4) is 0 Å². The second kappa shape index (κ2) is 7.96. The van der Waals surface area contributed by atoms with Crippen LogP contribution in [-0.4, -0.2) is 35.7 Å². The van der Waals surface area contributed by atoms with Crippen molar-refractivity contribution in [2.75, 3.05) is 5.32 Å². The predicted molar refractivity (Wildman–Crippen MR) is 107 cm³/mol. The summed E-state index contributed by atoms with van der Waals surface area (Å²) in [5.74, 6) is 0.749. The van der Waals surface area contributed by atoms with E-state index in [4.69, 9.17) is 0 Å². The van der Waals surface area contributed by atoms with Gasteiger partial charge in [0.15, 0.2) is 5.16 Å². The Morgan fingerprint density at radius 2 is 1.89 bits per heavy atom. The molecule has 1 amide bonds. The number of benzene rings is 1. The summed E-state index contributed by atoms with van der Waals surface area (Å²) in [6, 6.07) is 10.1. The average molecular weight is 385 g/mol. The minimum Gasteiger partial charge on any atom is -0.322 e. The van der Waals surface area contributed by atoms with Gasteiger partial charge in [0.1, 0.15) is 5.82 Å². The van der Waals surface area contributed by atoms with Crippen LogP contribution in [0.3, 0.4) is 0 Å². The number of aromatic nitrogens is 5. The molecule has 1 aromatic carbocycles. The Kier molecular flexibility index (Phi) is 5.65. The first-order valence-electron chi connectivity index (χ1n) is 8.78. The van der Waals surface area contributed by atoms with Crippen molar-refractivity contribution in [2.24, 2.45) is 7.05 Å². The van der Waals surface area contributed by atoms with Crippen molar-refractivity contribution in [3.05, 3.63) is 53.1 Å². The highest BCUT2D eigenvalue weighted by Gasteiger charge is 2.21. The molecule has 0 radical (unpaired) electrons. The van der Waals surface area contributed by atoms with Gasteiger partial charge in [0.05, 0.1) is 28.9 Å². The predicted octanol–water partition coefficient (Wildman–Crippen LogP) is 3.10. The zero-order chi connectivity index (χ0) is 19.6. The largest absolute Gasteiger partial charge is 0.322 e. The number of hydrogen-bond donors (Lipinski definition) is 1. The second-order valence-electron chi connectivity index (χ2n) is 6.52. The lowest BCUT2D eigenvalue weighted by molar-refractivity contribution is -0.115. The van der Waals surface area contributed by atoms with Gasteiger partial charge in [-0.05, 0) is 33.3 Å². The van der Waals surface area contributed by atoms with Gasteiger partial charge in [-0.3, -0.25) is 9.48 Å². The van der Waals surface area contributed by atoms with E-state index < -0.39 is 0 Å². The number of carbonyl (C=O) groups is 1. The average Bonchev–Trinajstić information content (AvgIpc) is 3.10. The normalized spacial score (nSPS) is 12.2. The Morgan fingerprint density at radius 1 is 1.19 bits per heavy atom. The smallest absolute Gasteiger partial charge is 0.237 e. The molecule has 0 fully saturated rings. The van der Waals surface area contributed by atoms with Crippen molar-refractivity contribution >= 4 is 23.4 Å². The zero-order valence-corrected chi connectivity index (χ0v) is 17.0. The number of amides is 1. The minimum absolute atomic E-state index is 0.0777. The fraction of sp³-hybridized carbons (Fsp3) is 0.368. The quantitative estimate of drug-likeness (QED) is 0.661. The summed E-state index contributed by atoms with van der Waals surface area (Å²) in [7, 11) is 1.87. The Hall–Kier alpha value is -2.61. The van der Waals surface area contributed by atoms with E-state index >= 15 is 0 Å². The Balaban J connectivity index is 1.72. The van der Waals surface area contributed by atoms with Crippen molar-refractivity contribution in [1.29, 1.82) is 0 Å². The molecule has 7 nitrogen and oxygen atoms in total. The van der Waals surface area contributed by atoms with Crippen molar-refractivity contribution in [1.82, 2.24) is 24.5 Å². The molecule has 3 aromatic rings. The molecule has 2 heterocycles. The van der Waals surface area contributed by atoms with E-state index in [0.29, 0.717) is 6.54 Å². The third-order valence-corrected chi connectivity index (χ3v) is 5.57. The monoisotopic (exact) mass is 384 g/mol. The molecular weight excluding hydrogens is 360 g/mol. The zero-order valence-electron chi connectivity index (χ0n) is 16.2. The molecule has 0 aliphatic heterocycles. The molecule has 0 spiro atoms. The summed E-state index contributed by atoms with van der Waals surface area (Å²) in [5.41, 5.74) is 3.68. The van der Waals surface area contributed by atoms with Gasteiger partial charge in [0, 0.05) is 7.05 Å². The summed E-state index contributed by atoms with van der Waals surface area (Å²) in [6.07, 6.45) is 0. The molecule has 0 saturated carbocycles. The Morgan fingerprint density at radius 3 is 2.52 bits per heavy atom. The highest BCUT2D eigenvalue weighted by Crippen LogP contribution is 2.25. The van der Waals surface area contributed by atoms with Crippen molar-refractivity contribution < 1.29 is 4.79 Å². The van der Waals surface area contributed by atoms with Gasteiger partial charge in [0.25, 0.3) is 0 Å². The first kappa shape index (κ1) is 19.2. The van der Waals surface area contributed by atoms with E-state index in [1.165, 1.54) is 17.3 Å². The van der Waals surface area contributed by atoms with Gasteiger partial charge in [-0.25, -0.2) is 0 Å². The van der Waals surface area contributed by atoms with Gasteiger partial charge in [-0.1, -0.05) is 42.1 Å². The fourth-order valence-electron chi connectivity index (χ4n) is 2.79. The molecule has 0 bridgehead atoms. The van der Waals surface area contributed by atoms with Crippen LogP contribution in [0.15, 0.2) is 35.5 Å². The first-order chi connectivity index (χ1) is 12.9. The summed E-state index contributed by atoms with van der Waals surface area (Å²) >= 11 is 1.41. The number of aryl methyl sites for hydroxylation is 3. The number of thioether (sulfide) groups is 1. The van der Waals surface area contributed by atoms with E-state index in [9.17, 15) is 4.79 Å². The van der Waals surface area contributed by atoms with Crippen LogP contribution in [0.1, 0.15) is 29.7 Å². The molecule has 1 atom stereocenters. The summed E-state index contributed by atoms with van der Waals surface area (Å²) < 4.78 is 3.80. The summed E-state index contributed by atoms with van der Waals surface area (Å²) in [5, 5.41) is 16.2. The second-order valence-corrected chi connectivity index (χ2v) is 7.83. The SMILES string of the molecule is Cc1nn(C)c(C)c1NC(=O)[C@H](C)Sc1nnc(C)n1Cc1ccccc1. The van der Waals surface area contributed by atoms with Gasteiger partial charge in [-0.15, -0.1) is 10.2 Å². The molecule has 0 unspecified atom stereocenters. The number of rotatable bonds is 6. The third-order valence-electron chi connectivity index (χ3n) is 4.49. The van der Waals surface area contributed by atoms with E-state index in [-0.39, 0.29) is 11.2 Å². The van der Waals surface area contributed by atoms with Crippen LogP contribution in [-0.2, 0) is 18.4 Å². The molecule has 2 aromatic heterocycles. The maximum absolute atomic E-state index is 12.7. The molecule has 1 N–H and O–H groups in total. The topological polar surface area (TPSA) is 77.6 Å². The minimum atomic E-state index is -0.317. The first-order valence-corrected chi connectivity index (χ1v) is 9.66. The van der Waals surface area contributed by atoms with Crippen LogP contribution in [0.25, 0.3) is 0 Å².